The molecule has 0 aliphatic carbocycles. The van der Waals surface area contributed by atoms with Crippen molar-refractivity contribution in [3.63, 3.8) is 0 Å². The normalized spacial score (nSPS) is 13.1. The molecule has 4 aromatic rings. The monoisotopic (exact) mass is 441 g/mol. The van der Waals surface area contributed by atoms with E-state index in [1.165, 1.54) is 21.3 Å². The molecule has 0 bridgehead atoms. The number of aromatic nitrogens is 4. The van der Waals surface area contributed by atoms with Crippen molar-refractivity contribution >= 4 is 57.8 Å². The van der Waals surface area contributed by atoms with Crippen LogP contribution in [0, 0.1) is 0 Å². The summed E-state index contributed by atoms with van der Waals surface area (Å²) in [4.78, 5) is 4.55. The van der Waals surface area contributed by atoms with Gasteiger partial charge in [0, 0.05) is 35.2 Å². The van der Waals surface area contributed by atoms with E-state index < -0.39 is 0 Å². The van der Waals surface area contributed by atoms with Crippen LogP contribution in [0.4, 0.5) is 0 Å². The maximum absolute atomic E-state index is 6.18. The minimum atomic E-state index is 0. The molecule has 1 N–H and O–H groups in total. The first-order valence-corrected chi connectivity index (χ1v) is 9.48. The molecule has 0 saturated carbocycles. The topological polar surface area (TPSA) is 47.7 Å². The van der Waals surface area contributed by atoms with Gasteiger partial charge >= 0.3 is 0 Å². The molecule has 1 aliphatic heterocycles. The lowest BCUT2D eigenvalue weighted by molar-refractivity contribution is 0.476. The van der Waals surface area contributed by atoms with Crippen molar-refractivity contribution < 1.29 is 0 Å². The van der Waals surface area contributed by atoms with E-state index in [0.717, 1.165) is 42.7 Å². The second-order valence-corrected chi connectivity index (χ2v) is 7.55. The largest absolute Gasteiger partial charge is 0.325 e. The highest BCUT2D eigenvalue weighted by Gasteiger charge is 2.16. The highest BCUT2D eigenvalue weighted by Crippen LogP contribution is 2.30. The van der Waals surface area contributed by atoms with Crippen molar-refractivity contribution in [3.8, 4) is 11.5 Å². The van der Waals surface area contributed by atoms with Crippen LogP contribution in [0.25, 0.3) is 21.6 Å². The van der Waals surface area contributed by atoms with Gasteiger partial charge in [-0.05, 0) is 40.6 Å². The molecule has 0 amide bonds. The van der Waals surface area contributed by atoms with Crippen molar-refractivity contribution in [3.05, 3.63) is 58.3 Å². The average Bonchev–Trinajstić information content (AvgIpc) is 3.33. The zero-order valence-corrected chi connectivity index (χ0v) is 17.5. The molecule has 0 saturated heterocycles. The Labute approximate surface area is 178 Å². The van der Waals surface area contributed by atoms with Crippen molar-refractivity contribution in [1.82, 2.24) is 24.6 Å². The molecule has 0 radical (unpaired) electrons. The van der Waals surface area contributed by atoms with Crippen LogP contribution in [0.2, 0.25) is 5.02 Å². The van der Waals surface area contributed by atoms with E-state index in [4.69, 9.17) is 16.7 Å². The lowest BCUT2D eigenvalue weighted by Gasteiger charge is -2.13. The molecule has 4 heterocycles. The van der Waals surface area contributed by atoms with Crippen LogP contribution >= 0.6 is 47.8 Å². The summed E-state index contributed by atoms with van der Waals surface area (Å²) >= 11 is 7.93. The molecule has 1 aromatic carbocycles. The summed E-state index contributed by atoms with van der Waals surface area (Å²) < 4.78 is 5.49. The van der Waals surface area contributed by atoms with Gasteiger partial charge in [0.25, 0.3) is 0 Å². The van der Waals surface area contributed by atoms with Crippen molar-refractivity contribution in [2.75, 3.05) is 6.54 Å². The number of nitrogens with one attached hydrogen (secondary N) is 1. The third-order valence-electron chi connectivity index (χ3n) is 4.57. The Bertz CT molecular complexity index is 1040. The highest BCUT2D eigenvalue weighted by molar-refractivity contribution is 7.17. The van der Waals surface area contributed by atoms with Gasteiger partial charge in [0.2, 0.25) is 0 Å². The second kappa shape index (κ2) is 8.20. The van der Waals surface area contributed by atoms with E-state index in [1.54, 1.807) is 11.3 Å². The molecular weight excluding hydrogens is 425 g/mol. The lowest BCUT2D eigenvalue weighted by atomic mass is 10.2. The fraction of sp³-hybridized carbons (Fsp3) is 0.222. The molecule has 0 unspecified atom stereocenters. The second-order valence-electron chi connectivity index (χ2n) is 6.20. The molecule has 9 heteroatoms. The fourth-order valence-corrected chi connectivity index (χ4v) is 4.44. The smallest absolute Gasteiger partial charge is 0.160 e. The number of hydrogen-bond donors (Lipinski definition) is 1. The van der Waals surface area contributed by atoms with Gasteiger partial charge in [-0.2, -0.15) is 5.10 Å². The van der Waals surface area contributed by atoms with Crippen LogP contribution < -0.4 is 5.32 Å². The van der Waals surface area contributed by atoms with Crippen molar-refractivity contribution in [2.45, 2.75) is 19.6 Å². The summed E-state index contributed by atoms with van der Waals surface area (Å²) in [5, 5.41) is 12.3. The van der Waals surface area contributed by atoms with E-state index in [-0.39, 0.29) is 24.8 Å². The van der Waals surface area contributed by atoms with Crippen LogP contribution in [0.15, 0.2) is 42.0 Å². The maximum Gasteiger partial charge on any atom is 0.160 e. The summed E-state index contributed by atoms with van der Waals surface area (Å²) in [6.07, 6.45) is 3.85. The number of nitrogens with zero attached hydrogens (tertiary/aromatic N) is 4. The SMILES string of the molecule is Cl.Cl.Clc1ccc2scc(Cn3ccnc3-c3cc4n(n3)CCNC4)c2c1. The van der Waals surface area contributed by atoms with Gasteiger partial charge in [0.05, 0.1) is 18.8 Å². The summed E-state index contributed by atoms with van der Waals surface area (Å²) in [6.45, 7) is 3.49. The van der Waals surface area contributed by atoms with Gasteiger partial charge in [0.1, 0.15) is 5.69 Å². The maximum atomic E-state index is 6.18. The Morgan fingerprint density at radius 1 is 1.22 bits per heavy atom. The van der Waals surface area contributed by atoms with Crippen LogP contribution in [-0.4, -0.2) is 25.9 Å². The van der Waals surface area contributed by atoms with Gasteiger partial charge in [-0.25, -0.2) is 4.98 Å². The summed E-state index contributed by atoms with van der Waals surface area (Å²) in [5.41, 5.74) is 3.40. The summed E-state index contributed by atoms with van der Waals surface area (Å²) in [7, 11) is 0. The molecule has 27 heavy (non-hydrogen) atoms. The summed E-state index contributed by atoms with van der Waals surface area (Å²) in [5.74, 6) is 0.906. The van der Waals surface area contributed by atoms with Crippen molar-refractivity contribution in [2.24, 2.45) is 0 Å². The van der Waals surface area contributed by atoms with Gasteiger partial charge in [-0.3, -0.25) is 4.68 Å². The molecular formula is C18H18Cl3N5S. The predicted molar refractivity (Wildman–Crippen MR) is 116 cm³/mol. The first-order valence-electron chi connectivity index (χ1n) is 8.22. The minimum absolute atomic E-state index is 0. The fourth-order valence-electron chi connectivity index (χ4n) is 3.33. The number of hydrogen-bond acceptors (Lipinski definition) is 4. The Hall–Kier alpha value is -1.57. The van der Waals surface area contributed by atoms with Crippen LogP contribution in [-0.2, 0) is 19.6 Å². The molecule has 3 aromatic heterocycles. The van der Waals surface area contributed by atoms with E-state index in [0.29, 0.717) is 0 Å². The highest BCUT2D eigenvalue weighted by atomic mass is 35.5. The van der Waals surface area contributed by atoms with Gasteiger partial charge in [-0.15, -0.1) is 36.2 Å². The van der Waals surface area contributed by atoms with Crippen LogP contribution in [0.1, 0.15) is 11.3 Å². The van der Waals surface area contributed by atoms with Gasteiger partial charge < -0.3 is 9.88 Å². The van der Waals surface area contributed by atoms with Crippen LogP contribution in [0.3, 0.4) is 0 Å². The minimum Gasteiger partial charge on any atom is -0.325 e. The number of thiophene rings is 1. The molecule has 5 rings (SSSR count). The zero-order valence-electron chi connectivity index (χ0n) is 14.3. The molecule has 0 spiro atoms. The Kier molecular flexibility index (Phi) is 6.13. The molecule has 0 fully saturated rings. The third-order valence-corrected chi connectivity index (χ3v) is 5.82. The predicted octanol–water partition coefficient (Wildman–Crippen LogP) is 4.61. The summed E-state index contributed by atoms with van der Waals surface area (Å²) in [6, 6.07) is 8.20. The number of benzene rings is 1. The van der Waals surface area contributed by atoms with Gasteiger partial charge in [0.15, 0.2) is 5.82 Å². The standard InChI is InChI=1S/C18H16ClN5S.2ClH/c19-13-1-2-17-15(7-13)12(11-25-17)10-23-5-4-21-18(23)16-8-14-9-20-3-6-24(14)22-16;;/h1-2,4-5,7-8,11,20H,3,6,9-10H2;2*1H. The number of rotatable bonds is 3. The molecule has 1 aliphatic rings. The van der Waals surface area contributed by atoms with Crippen molar-refractivity contribution in [1.29, 1.82) is 0 Å². The number of imidazole rings is 1. The first kappa shape index (κ1) is 20.2. The van der Waals surface area contributed by atoms with Crippen LogP contribution in [0.5, 0.6) is 0 Å². The van der Waals surface area contributed by atoms with Gasteiger partial charge in [-0.1, -0.05) is 11.6 Å². The Balaban J connectivity index is 0.00000105. The Morgan fingerprint density at radius 2 is 2.11 bits per heavy atom. The lowest BCUT2D eigenvalue weighted by Crippen LogP contribution is -2.28. The third kappa shape index (κ3) is 3.73. The number of halogens is 3. The van der Waals surface area contributed by atoms with E-state index in [1.807, 2.05) is 24.5 Å². The molecule has 142 valence electrons. The average molecular weight is 443 g/mol. The Morgan fingerprint density at radius 3 is 2.96 bits per heavy atom. The molecule has 5 nitrogen and oxygen atoms in total. The number of fused-ring (bicyclic) bond motifs is 2. The zero-order chi connectivity index (χ0) is 16.8. The van der Waals surface area contributed by atoms with E-state index in [9.17, 15) is 0 Å². The quantitative estimate of drug-likeness (QED) is 0.504. The van der Waals surface area contributed by atoms with E-state index >= 15 is 0 Å². The molecule has 0 atom stereocenters. The first-order chi connectivity index (χ1) is 12.3. The van der Waals surface area contributed by atoms with E-state index in [2.05, 4.69) is 37.1 Å².